The van der Waals surface area contributed by atoms with Crippen molar-refractivity contribution in [2.24, 2.45) is 5.16 Å². The zero-order chi connectivity index (χ0) is 22.1. The van der Waals surface area contributed by atoms with Crippen LogP contribution in [0.25, 0.3) is 5.70 Å². The first-order valence-corrected chi connectivity index (χ1v) is 10.2. The van der Waals surface area contributed by atoms with Crippen molar-refractivity contribution < 1.29 is 28.9 Å². The molecule has 0 aliphatic carbocycles. The summed E-state index contributed by atoms with van der Waals surface area (Å²) in [5, 5.41) is 17.9. The average molecular weight is 443 g/mol. The minimum atomic E-state index is -1.20. The minimum absolute atomic E-state index is 0.0824. The largest absolute Gasteiger partial charge is 0.476 e. The smallest absolute Gasteiger partial charge is 0.359 e. The van der Waals surface area contributed by atoms with Gasteiger partial charge in [0.15, 0.2) is 28.9 Å². The monoisotopic (exact) mass is 443 g/mol. The lowest BCUT2D eigenvalue weighted by atomic mass is 9.85. The predicted octanol–water partition coefficient (Wildman–Crippen LogP) is -0.194. The van der Waals surface area contributed by atoms with Gasteiger partial charge in [-0.1, -0.05) is 11.2 Å². The molecule has 2 aromatic rings. The lowest BCUT2D eigenvalue weighted by Gasteiger charge is -2.48. The summed E-state index contributed by atoms with van der Waals surface area (Å²) in [4.78, 5) is 47.6. The molecule has 1 saturated heterocycles. The molecule has 31 heavy (non-hydrogen) atoms. The summed E-state index contributed by atoms with van der Waals surface area (Å²) in [5.74, 6) is -2.36. The highest BCUT2D eigenvalue weighted by atomic mass is 32.1. The van der Waals surface area contributed by atoms with Crippen molar-refractivity contribution in [1.29, 1.82) is 0 Å². The molecule has 0 aromatic carbocycles. The fourth-order valence-corrected chi connectivity index (χ4v) is 4.32. The topological polar surface area (TPSA) is 151 Å². The van der Waals surface area contributed by atoms with Crippen molar-refractivity contribution in [2.45, 2.75) is 24.9 Å². The molecule has 2 aromatic heterocycles. The number of nitrogens with two attached hydrogens (primary N) is 1. The van der Waals surface area contributed by atoms with Gasteiger partial charge in [-0.2, -0.15) is 4.57 Å². The summed E-state index contributed by atoms with van der Waals surface area (Å²) in [6.07, 6.45) is 4.38. The van der Waals surface area contributed by atoms with Crippen molar-refractivity contribution >= 4 is 45.7 Å². The van der Waals surface area contributed by atoms with Crippen LogP contribution >= 0.6 is 11.3 Å². The summed E-state index contributed by atoms with van der Waals surface area (Å²) < 4.78 is 1.69. The van der Waals surface area contributed by atoms with Crippen LogP contribution in [-0.4, -0.2) is 57.7 Å². The number of nitrogens with one attached hydrogen (secondary N) is 1. The third-order valence-electron chi connectivity index (χ3n) is 5.09. The third-order valence-corrected chi connectivity index (χ3v) is 5.76. The molecule has 2 amide bonds. The Bertz CT molecular complexity index is 1110. The molecule has 2 aliphatic heterocycles. The van der Waals surface area contributed by atoms with Crippen LogP contribution in [0, 0.1) is 0 Å². The number of aliphatic carboxylic acids is 1. The summed E-state index contributed by atoms with van der Waals surface area (Å²) in [6, 6.07) is 4.03. The quantitative estimate of drug-likeness (QED) is 0.242. The molecule has 160 valence electrons. The van der Waals surface area contributed by atoms with E-state index in [4.69, 9.17) is 10.6 Å². The van der Waals surface area contributed by atoms with Crippen LogP contribution in [0.1, 0.15) is 18.5 Å². The number of carbonyl (C=O) groups excluding carboxylic acids is 2. The zero-order valence-corrected chi connectivity index (χ0v) is 17.2. The molecule has 4 rings (SSSR count). The van der Waals surface area contributed by atoms with Crippen molar-refractivity contribution in [3.05, 3.63) is 47.4 Å². The number of rotatable bonds is 6. The fourth-order valence-electron chi connectivity index (χ4n) is 3.77. The molecular formula is C19H19N6O5S+. The van der Waals surface area contributed by atoms with E-state index in [1.54, 1.807) is 34.5 Å². The number of thiazole rings is 1. The highest BCUT2D eigenvalue weighted by Crippen LogP contribution is 2.36. The number of amides is 2. The van der Waals surface area contributed by atoms with Crippen LogP contribution in [0.4, 0.5) is 5.13 Å². The molecule has 2 aliphatic rings. The van der Waals surface area contributed by atoms with Gasteiger partial charge in [0, 0.05) is 23.9 Å². The van der Waals surface area contributed by atoms with Crippen LogP contribution in [-0.2, 0) is 19.2 Å². The van der Waals surface area contributed by atoms with Crippen molar-refractivity contribution in [2.75, 3.05) is 12.8 Å². The average Bonchev–Trinajstić information content (AvgIpc) is 3.20. The van der Waals surface area contributed by atoms with Gasteiger partial charge < -0.3 is 21.0 Å². The maximum Gasteiger partial charge on any atom is 0.359 e. The maximum atomic E-state index is 12.8. The normalized spacial score (nSPS) is 20.7. The number of nitrogens with zero attached hydrogens (tertiary/aromatic N) is 4. The number of allylic oxidation sites excluding steroid dienone is 1. The second-order valence-corrected chi connectivity index (χ2v) is 7.73. The van der Waals surface area contributed by atoms with Gasteiger partial charge in [0.1, 0.15) is 18.8 Å². The maximum absolute atomic E-state index is 12.8. The number of carbonyl (C=O) groups is 3. The number of hydrogen-bond acceptors (Lipinski definition) is 8. The van der Waals surface area contributed by atoms with Crippen molar-refractivity contribution in [3.8, 4) is 0 Å². The van der Waals surface area contributed by atoms with Crippen LogP contribution in [0.15, 0.2) is 46.8 Å². The Morgan fingerprint density at radius 3 is 2.74 bits per heavy atom. The number of hydrogen-bond donors (Lipinski definition) is 3. The van der Waals surface area contributed by atoms with Gasteiger partial charge >= 0.3 is 5.97 Å². The molecule has 0 radical (unpaired) electrons. The number of β-lactam (4-membered cyclic amide) rings is 1. The fraction of sp³-hybridized carbons (Fsp3) is 0.263. The van der Waals surface area contributed by atoms with Gasteiger partial charge in [-0.15, -0.1) is 11.3 Å². The van der Waals surface area contributed by atoms with E-state index < -0.39 is 29.9 Å². The summed E-state index contributed by atoms with van der Waals surface area (Å²) in [6.45, 7) is 0. The Labute approximate surface area is 180 Å². The molecule has 11 nitrogen and oxygen atoms in total. The van der Waals surface area contributed by atoms with Gasteiger partial charge in [0.25, 0.3) is 11.8 Å². The molecule has 1 unspecified atom stereocenters. The number of fused-ring (bicyclic) bond motifs is 1. The number of carboxylic acid groups (broad SMARTS) is 1. The van der Waals surface area contributed by atoms with E-state index in [1.807, 2.05) is 6.07 Å². The van der Waals surface area contributed by atoms with E-state index in [9.17, 15) is 19.5 Å². The highest BCUT2D eigenvalue weighted by molar-refractivity contribution is 7.13. The predicted molar refractivity (Wildman–Crippen MR) is 109 cm³/mol. The van der Waals surface area contributed by atoms with Crippen LogP contribution < -0.4 is 15.6 Å². The lowest BCUT2D eigenvalue weighted by molar-refractivity contribution is -0.585. The van der Waals surface area contributed by atoms with Gasteiger partial charge in [-0.05, 0) is 6.42 Å². The first kappa shape index (κ1) is 20.5. The number of anilines is 1. The zero-order valence-electron chi connectivity index (χ0n) is 16.4. The standard InChI is InChI=1S/C19H18N6O5S/c1-30-23-13(10-9-31-19(20)21-10)16(26)22-14-11-5-6-12(24-7-3-2-4-8-24)15(18(28)29)25(11)17(14)27/h2-4,7-9,11,14H,5-6H2,1H3,(H3-,20,21,22,26,28,29)/p+1/b23-13-/t11?,14-/m1/s1. The van der Waals surface area contributed by atoms with Gasteiger partial charge in [0.05, 0.1) is 6.04 Å². The number of nitrogen functional groups attached to an aromatic ring is 1. The number of oxime groups is 1. The highest BCUT2D eigenvalue weighted by Gasteiger charge is 2.55. The first-order valence-electron chi connectivity index (χ1n) is 9.32. The van der Waals surface area contributed by atoms with Crippen molar-refractivity contribution in [1.82, 2.24) is 15.2 Å². The summed E-state index contributed by atoms with van der Waals surface area (Å²) in [5.41, 5.74) is 6.16. The Morgan fingerprint density at radius 2 is 2.13 bits per heavy atom. The lowest BCUT2D eigenvalue weighted by Crippen LogP contribution is -2.72. The van der Waals surface area contributed by atoms with Crippen LogP contribution in [0.5, 0.6) is 0 Å². The van der Waals surface area contributed by atoms with Gasteiger partial charge in [0.2, 0.25) is 5.70 Å². The van der Waals surface area contributed by atoms with E-state index >= 15 is 0 Å². The SMILES string of the molecule is CO/N=C(\C(=O)N[C@H]1C(=O)N2C(C(=O)O)=C([n+]3ccccc3)CCC12)c1csc(N)n1. The van der Waals surface area contributed by atoms with E-state index in [-0.39, 0.29) is 22.2 Å². The van der Waals surface area contributed by atoms with E-state index in [0.29, 0.717) is 18.5 Å². The van der Waals surface area contributed by atoms with Gasteiger partial charge in [-0.3, -0.25) is 14.5 Å². The van der Waals surface area contributed by atoms with Crippen LogP contribution in [0.2, 0.25) is 0 Å². The first-order chi connectivity index (χ1) is 14.9. The Hall–Kier alpha value is -3.80. The molecule has 4 heterocycles. The van der Waals surface area contributed by atoms with Gasteiger partial charge in [-0.25, -0.2) is 9.78 Å². The van der Waals surface area contributed by atoms with E-state index in [1.165, 1.54) is 12.0 Å². The van der Waals surface area contributed by atoms with E-state index in [0.717, 1.165) is 11.3 Å². The Morgan fingerprint density at radius 1 is 1.39 bits per heavy atom. The summed E-state index contributed by atoms with van der Waals surface area (Å²) >= 11 is 1.14. The molecule has 0 bridgehead atoms. The molecule has 12 heteroatoms. The molecule has 4 N–H and O–H groups in total. The second-order valence-electron chi connectivity index (χ2n) is 6.84. The van der Waals surface area contributed by atoms with E-state index in [2.05, 4.69) is 15.5 Å². The minimum Gasteiger partial charge on any atom is -0.476 e. The number of carboxylic acids is 1. The summed E-state index contributed by atoms with van der Waals surface area (Å²) in [7, 11) is 1.28. The molecule has 2 atom stereocenters. The van der Waals surface area contributed by atoms with Crippen molar-refractivity contribution in [3.63, 3.8) is 0 Å². The number of pyridine rings is 1. The van der Waals surface area contributed by atoms with Crippen LogP contribution in [0.3, 0.4) is 0 Å². The molecule has 1 fully saturated rings. The Kier molecular flexibility index (Phi) is 5.38. The third kappa shape index (κ3) is 3.61. The molecule has 0 saturated carbocycles. The molecule has 0 spiro atoms. The number of aromatic nitrogens is 2. The second kappa shape index (κ2) is 8.14. The molecular weight excluding hydrogens is 424 g/mol. The Balaban J connectivity index is 1.57.